The Balaban J connectivity index is 1.82. The second kappa shape index (κ2) is 14.8. The normalized spacial score (nSPS) is 12.7. The summed E-state index contributed by atoms with van der Waals surface area (Å²) in [5, 5.41) is 3.31. The van der Waals surface area contributed by atoms with E-state index in [2.05, 4.69) is 24.4 Å². The number of rotatable bonds is 13. The van der Waals surface area contributed by atoms with E-state index in [1.165, 1.54) is 23.8 Å². The summed E-state index contributed by atoms with van der Waals surface area (Å²) in [6.45, 7) is 11.0. The van der Waals surface area contributed by atoms with Crippen LogP contribution in [0.25, 0.3) is 0 Å². The Morgan fingerprint density at radius 2 is 1.59 bits per heavy atom. The van der Waals surface area contributed by atoms with Gasteiger partial charge in [-0.15, -0.1) is 0 Å². The number of nitrogens with two attached hydrogens (primary N) is 1. The molecule has 0 aliphatic heterocycles. The van der Waals surface area contributed by atoms with E-state index in [1.54, 1.807) is 17.0 Å². The van der Waals surface area contributed by atoms with Gasteiger partial charge in [-0.25, -0.2) is 13.6 Å². The molecule has 0 fully saturated rings. The van der Waals surface area contributed by atoms with Gasteiger partial charge in [0.2, 0.25) is 0 Å². The molecule has 0 radical (unpaired) electrons. The van der Waals surface area contributed by atoms with Crippen molar-refractivity contribution >= 4 is 11.9 Å². The highest BCUT2D eigenvalue weighted by molar-refractivity contribution is 5.98. The largest absolute Gasteiger partial charge is 0.456 e. The van der Waals surface area contributed by atoms with Gasteiger partial charge in [-0.1, -0.05) is 31.2 Å². The lowest BCUT2D eigenvalue weighted by atomic mass is 10.0. The Hall–Kier alpha value is -3.62. The molecule has 0 heterocycles. The monoisotopic (exact) mass is 565 g/mol. The number of benzene rings is 3. The van der Waals surface area contributed by atoms with Crippen LogP contribution in [0.1, 0.15) is 70.7 Å². The molecular formula is C33H41F2N3O3. The maximum absolute atomic E-state index is 13.8. The summed E-state index contributed by atoms with van der Waals surface area (Å²) in [5.41, 5.74) is 10.5. The number of ether oxygens (including phenoxy) is 1. The molecule has 8 heteroatoms. The molecule has 6 nitrogen and oxygen atoms in total. The van der Waals surface area contributed by atoms with E-state index >= 15 is 0 Å². The van der Waals surface area contributed by atoms with Gasteiger partial charge in [-0.05, 0) is 93.1 Å². The van der Waals surface area contributed by atoms with E-state index in [-0.39, 0.29) is 30.5 Å². The van der Waals surface area contributed by atoms with Crippen molar-refractivity contribution < 1.29 is 23.1 Å². The maximum atomic E-state index is 13.8. The van der Waals surface area contributed by atoms with Crippen LogP contribution in [0.5, 0.6) is 0 Å². The minimum atomic E-state index is -0.814. The molecule has 2 atom stereocenters. The van der Waals surface area contributed by atoms with E-state index in [4.69, 9.17) is 10.5 Å². The molecule has 0 spiro atoms. The third-order valence-electron chi connectivity index (χ3n) is 6.99. The van der Waals surface area contributed by atoms with E-state index in [1.807, 2.05) is 39.8 Å². The first-order valence-corrected chi connectivity index (χ1v) is 14.1. The van der Waals surface area contributed by atoms with Crippen LogP contribution in [0.4, 0.5) is 8.78 Å². The van der Waals surface area contributed by atoms with Gasteiger partial charge in [-0.2, -0.15) is 0 Å². The van der Waals surface area contributed by atoms with Crippen LogP contribution >= 0.6 is 0 Å². The van der Waals surface area contributed by atoms with Crippen LogP contribution in [0.2, 0.25) is 0 Å². The average Bonchev–Trinajstić information content (AvgIpc) is 2.91. The zero-order valence-corrected chi connectivity index (χ0v) is 24.5. The van der Waals surface area contributed by atoms with Crippen molar-refractivity contribution in [1.29, 1.82) is 0 Å². The van der Waals surface area contributed by atoms with E-state index in [0.29, 0.717) is 24.2 Å². The van der Waals surface area contributed by atoms with Crippen molar-refractivity contribution in [3.8, 4) is 0 Å². The third kappa shape index (κ3) is 9.20. The SMILES string of the molecule is CCc1cccc(CNC[C@@H](OC(=O)c2cc(C)cc(C(=O)N(CC)C(C)C)c2)[C@@H](N)Cc2cc(F)cc(F)c2)c1. The molecule has 1 amide bonds. The number of nitrogens with one attached hydrogen (secondary N) is 1. The van der Waals surface area contributed by atoms with Gasteiger partial charge >= 0.3 is 5.97 Å². The van der Waals surface area contributed by atoms with Crippen molar-refractivity contribution in [3.63, 3.8) is 0 Å². The number of hydrogen-bond donors (Lipinski definition) is 2. The molecule has 3 aromatic rings. The number of esters is 1. The lowest BCUT2D eigenvalue weighted by molar-refractivity contribution is 0.0238. The quantitative estimate of drug-likeness (QED) is 0.264. The molecule has 3 rings (SSSR count). The van der Waals surface area contributed by atoms with Gasteiger partial charge in [0.05, 0.1) is 5.56 Å². The molecule has 41 heavy (non-hydrogen) atoms. The van der Waals surface area contributed by atoms with Crippen molar-refractivity contribution in [2.24, 2.45) is 5.73 Å². The number of carbonyl (C=O) groups excluding carboxylic acids is 2. The Morgan fingerprint density at radius 1 is 0.927 bits per heavy atom. The van der Waals surface area contributed by atoms with Gasteiger partial charge in [0.15, 0.2) is 0 Å². The van der Waals surface area contributed by atoms with Crippen LogP contribution in [0, 0.1) is 18.6 Å². The number of carbonyl (C=O) groups is 2. The van der Waals surface area contributed by atoms with Crippen molar-refractivity contribution in [2.75, 3.05) is 13.1 Å². The predicted molar refractivity (Wildman–Crippen MR) is 158 cm³/mol. The third-order valence-corrected chi connectivity index (χ3v) is 6.99. The number of aryl methyl sites for hydroxylation is 2. The Bertz CT molecular complexity index is 1320. The molecule has 220 valence electrons. The second-order valence-corrected chi connectivity index (χ2v) is 10.7. The van der Waals surface area contributed by atoms with Crippen LogP contribution in [0.15, 0.2) is 60.7 Å². The first kappa shape index (κ1) is 31.9. The fourth-order valence-corrected chi connectivity index (χ4v) is 4.87. The van der Waals surface area contributed by atoms with Crippen molar-refractivity contribution in [3.05, 3.63) is 106 Å². The zero-order valence-electron chi connectivity index (χ0n) is 24.5. The Kier molecular flexibility index (Phi) is 11.6. The molecule has 0 bridgehead atoms. The first-order chi connectivity index (χ1) is 19.5. The number of amides is 1. The summed E-state index contributed by atoms with van der Waals surface area (Å²) in [6.07, 6.45) is 0.194. The molecule has 0 saturated heterocycles. The molecule has 3 aromatic carbocycles. The van der Waals surface area contributed by atoms with Gasteiger partial charge in [0.1, 0.15) is 17.7 Å². The predicted octanol–water partition coefficient (Wildman–Crippen LogP) is 5.59. The van der Waals surface area contributed by atoms with Gasteiger partial charge in [0.25, 0.3) is 5.91 Å². The molecule has 0 saturated carbocycles. The Labute approximate surface area is 241 Å². The fraction of sp³-hybridized carbons (Fsp3) is 0.394. The fourth-order valence-electron chi connectivity index (χ4n) is 4.87. The van der Waals surface area contributed by atoms with Crippen molar-refractivity contribution in [2.45, 2.75) is 72.2 Å². The van der Waals surface area contributed by atoms with Gasteiger partial charge in [-0.3, -0.25) is 4.79 Å². The first-order valence-electron chi connectivity index (χ1n) is 14.1. The maximum Gasteiger partial charge on any atom is 0.338 e. The highest BCUT2D eigenvalue weighted by atomic mass is 19.1. The van der Waals surface area contributed by atoms with Crippen LogP contribution in [0.3, 0.4) is 0 Å². The summed E-state index contributed by atoms with van der Waals surface area (Å²) < 4.78 is 33.6. The number of halogens is 2. The minimum absolute atomic E-state index is 0.00236. The summed E-state index contributed by atoms with van der Waals surface area (Å²) >= 11 is 0. The Morgan fingerprint density at radius 3 is 2.22 bits per heavy atom. The van der Waals surface area contributed by atoms with E-state index in [9.17, 15) is 18.4 Å². The number of nitrogens with zero attached hydrogens (tertiary/aromatic N) is 1. The van der Waals surface area contributed by atoms with Crippen LogP contribution < -0.4 is 11.1 Å². The summed E-state index contributed by atoms with van der Waals surface area (Å²) in [6, 6.07) is 15.6. The second-order valence-electron chi connectivity index (χ2n) is 10.7. The molecule has 0 aromatic heterocycles. The topological polar surface area (TPSA) is 84.7 Å². The van der Waals surface area contributed by atoms with E-state index in [0.717, 1.165) is 23.6 Å². The number of hydrogen-bond acceptors (Lipinski definition) is 5. The highest BCUT2D eigenvalue weighted by Crippen LogP contribution is 2.18. The average molecular weight is 566 g/mol. The summed E-state index contributed by atoms with van der Waals surface area (Å²) in [7, 11) is 0. The molecule has 0 aliphatic carbocycles. The zero-order chi connectivity index (χ0) is 30.1. The van der Waals surface area contributed by atoms with Gasteiger partial charge < -0.3 is 20.7 Å². The lowest BCUT2D eigenvalue weighted by Crippen LogP contribution is -2.46. The summed E-state index contributed by atoms with van der Waals surface area (Å²) in [4.78, 5) is 28.2. The molecule has 0 aliphatic rings. The van der Waals surface area contributed by atoms with Crippen LogP contribution in [-0.4, -0.2) is 48.1 Å². The minimum Gasteiger partial charge on any atom is -0.456 e. The molecule has 3 N–H and O–H groups in total. The standard InChI is InChI=1S/C33H41F2N3O3/c1-6-23-9-8-10-24(13-23)19-37-20-31(30(36)16-25-14-28(34)18-29(35)15-25)41-33(40)27-12-22(5)11-26(17-27)32(39)38(7-2)21(3)4/h8-15,17-18,21,30-31,37H,6-7,16,19-20,36H2,1-5H3/t30-,31+/m0/s1. The lowest BCUT2D eigenvalue weighted by Gasteiger charge is -2.26. The summed E-state index contributed by atoms with van der Waals surface area (Å²) in [5.74, 6) is -2.20. The highest BCUT2D eigenvalue weighted by Gasteiger charge is 2.25. The van der Waals surface area contributed by atoms with Crippen LogP contribution in [-0.2, 0) is 24.1 Å². The smallest absolute Gasteiger partial charge is 0.338 e. The molecule has 0 unspecified atom stereocenters. The molecular weight excluding hydrogens is 524 g/mol. The van der Waals surface area contributed by atoms with Crippen molar-refractivity contribution in [1.82, 2.24) is 10.2 Å². The van der Waals surface area contributed by atoms with Gasteiger partial charge in [0, 0.05) is 43.3 Å². The van der Waals surface area contributed by atoms with E-state index < -0.39 is 29.7 Å².